The predicted octanol–water partition coefficient (Wildman–Crippen LogP) is 1.63. The van der Waals surface area contributed by atoms with E-state index in [0.717, 1.165) is 4.88 Å². The molecule has 23 heavy (non-hydrogen) atoms. The minimum Gasteiger partial charge on any atom is -0.481 e. The summed E-state index contributed by atoms with van der Waals surface area (Å²) in [6, 6.07) is 3.82. The van der Waals surface area contributed by atoms with Crippen LogP contribution in [0.5, 0.6) is 0 Å². The van der Waals surface area contributed by atoms with Gasteiger partial charge in [-0.15, -0.1) is 11.3 Å². The van der Waals surface area contributed by atoms with E-state index in [1.165, 1.54) is 16.2 Å². The van der Waals surface area contributed by atoms with Crippen molar-refractivity contribution in [3.8, 4) is 0 Å². The number of carboxylic acid groups (broad SMARTS) is 1. The first kappa shape index (κ1) is 17.5. The highest BCUT2D eigenvalue weighted by Gasteiger charge is 2.28. The molecule has 6 nitrogen and oxygen atoms in total. The van der Waals surface area contributed by atoms with E-state index in [4.69, 9.17) is 5.11 Å². The molecular formula is C16H22N2O4S. The van der Waals surface area contributed by atoms with E-state index < -0.39 is 5.97 Å². The van der Waals surface area contributed by atoms with Gasteiger partial charge in [-0.25, -0.2) is 0 Å². The Morgan fingerprint density at radius 2 is 2.04 bits per heavy atom. The Hall–Kier alpha value is -1.89. The van der Waals surface area contributed by atoms with E-state index in [1.807, 2.05) is 24.4 Å². The molecule has 7 heteroatoms. The van der Waals surface area contributed by atoms with Crippen LogP contribution in [0.3, 0.4) is 0 Å². The zero-order valence-corrected chi connectivity index (χ0v) is 14.2. The van der Waals surface area contributed by atoms with Crippen molar-refractivity contribution in [2.45, 2.75) is 25.7 Å². The van der Waals surface area contributed by atoms with Crippen LogP contribution in [0, 0.1) is 5.92 Å². The SMILES string of the molecule is CC(C(=O)N(C)CC(=O)N1CCC(C(=O)O)CC1)c1cccs1. The van der Waals surface area contributed by atoms with Crippen molar-refractivity contribution in [1.29, 1.82) is 0 Å². The maximum Gasteiger partial charge on any atom is 0.306 e. The van der Waals surface area contributed by atoms with Crippen molar-refractivity contribution in [1.82, 2.24) is 9.80 Å². The minimum absolute atomic E-state index is 0.0340. The van der Waals surface area contributed by atoms with E-state index >= 15 is 0 Å². The monoisotopic (exact) mass is 338 g/mol. The standard InChI is InChI=1S/C16H22N2O4S/c1-11(13-4-3-9-23-13)15(20)17(2)10-14(19)18-7-5-12(6-8-18)16(21)22/h3-4,9,11-12H,5-8,10H2,1-2H3,(H,21,22). The van der Waals surface area contributed by atoms with Gasteiger partial charge in [0.15, 0.2) is 0 Å². The van der Waals surface area contributed by atoms with Gasteiger partial charge in [0, 0.05) is 25.0 Å². The minimum atomic E-state index is -0.797. The molecule has 2 rings (SSSR count). The molecular weight excluding hydrogens is 316 g/mol. The van der Waals surface area contributed by atoms with Crippen LogP contribution in [0.15, 0.2) is 17.5 Å². The van der Waals surface area contributed by atoms with E-state index in [1.54, 1.807) is 11.9 Å². The fourth-order valence-corrected chi connectivity index (χ4v) is 3.52. The summed E-state index contributed by atoms with van der Waals surface area (Å²) in [5.74, 6) is -1.62. The van der Waals surface area contributed by atoms with Crippen LogP contribution in [-0.4, -0.2) is 59.4 Å². The summed E-state index contributed by atoms with van der Waals surface area (Å²) >= 11 is 1.53. The zero-order chi connectivity index (χ0) is 17.0. The number of carbonyl (C=O) groups is 3. The highest BCUT2D eigenvalue weighted by atomic mass is 32.1. The quantitative estimate of drug-likeness (QED) is 0.885. The molecule has 1 aromatic rings. The first-order chi connectivity index (χ1) is 10.9. The average Bonchev–Trinajstić information content (AvgIpc) is 3.07. The second-order valence-corrected chi connectivity index (χ2v) is 6.90. The van der Waals surface area contributed by atoms with Crippen molar-refractivity contribution >= 4 is 29.1 Å². The maximum absolute atomic E-state index is 12.4. The number of aliphatic carboxylic acids is 1. The molecule has 0 aromatic carbocycles. The van der Waals surface area contributed by atoms with Gasteiger partial charge in [-0.2, -0.15) is 0 Å². The Bertz CT molecular complexity index is 565. The van der Waals surface area contributed by atoms with Crippen LogP contribution in [-0.2, 0) is 14.4 Å². The van der Waals surface area contributed by atoms with Crippen LogP contribution in [0.4, 0.5) is 0 Å². The van der Waals surface area contributed by atoms with Crippen molar-refractivity contribution in [3.05, 3.63) is 22.4 Å². The van der Waals surface area contributed by atoms with Gasteiger partial charge in [0.25, 0.3) is 0 Å². The van der Waals surface area contributed by atoms with Crippen molar-refractivity contribution in [3.63, 3.8) is 0 Å². The predicted molar refractivity (Wildman–Crippen MR) is 87.3 cm³/mol. The number of nitrogens with zero attached hydrogens (tertiary/aromatic N) is 2. The zero-order valence-electron chi connectivity index (χ0n) is 13.4. The van der Waals surface area contributed by atoms with Crippen molar-refractivity contribution in [2.24, 2.45) is 5.92 Å². The fraction of sp³-hybridized carbons (Fsp3) is 0.562. The van der Waals surface area contributed by atoms with Gasteiger partial charge in [-0.05, 0) is 31.2 Å². The molecule has 1 aliphatic heterocycles. The lowest BCUT2D eigenvalue weighted by molar-refractivity contribution is -0.146. The summed E-state index contributed by atoms with van der Waals surface area (Å²) in [6.07, 6.45) is 0.953. The summed E-state index contributed by atoms with van der Waals surface area (Å²) in [5.41, 5.74) is 0. The van der Waals surface area contributed by atoms with Gasteiger partial charge < -0.3 is 14.9 Å². The molecule has 0 aliphatic carbocycles. The molecule has 0 bridgehead atoms. The molecule has 1 fully saturated rings. The molecule has 2 heterocycles. The van der Waals surface area contributed by atoms with Crippen LogP contribution in [0.25, 0.3) is 0 Å². The van der Waals surface area contributed by atoms with Gasteiger partial charge in [0.2, 0.25) is 11.8 Å². The number of rotatable bonds is 5. The number of likely N-dealkylation sites (N-methyl/N-ethyl adjacent to an activating group) is 1. The number of hydrogen-bond donors (Lipinski definition) is 1. The first-order valence-electron chi connectivity index (χ1n) is 7.69. The molecule has 0 spiro atoms. The number of piperidine rings is 1. The molecule has 1 saturated heterocycles. The van der Waals surface area contributed by atoms with Crippen LogP contribution in [0.2, 0.25) is 0 Å². The maximum atomic E-state index is 12.4. The summed E-state index contributed by atoms with van der Waals surface area (Å²) in [4.78, 5) is 39.7. The van der Waals surface area contributed by atoms with Gasteiger partial charge >= 0.3 is 5.97 Å². The number of thiophene rings is 1. The topological polar surface area (TPSA) is 77.9 Å². The largest absolute Gasteiger partial charge is 0.481 e. The average molecular weight is 338 g/mol. The summed E-state index contributed by atoms with van der Waals surface area (Å²) < 4.78 is 0. The summed E-state index contributed by atoms with van der Waals surface area (Å²) in [5, 5.41) is 10.9. The number of amides is 2. The van der Waals surface area contributed by atoms with Crippen molar-refractivity contribution in [2.75, 3.05) is 26.7 Å². The lowest BCUT2D eigenvalue weighted by Crippen LogP contribution is -2.46. The highest BCUT2D eigenvalue weighted by molar-refractivity contribution is 7.10. The van der Waals surface area contributed by atoms with E-state index in [0.29, 0.717) is 25.9 Å². The van der Waals surface area contributed by atoms with Crippen molar-refractivity contribution < 1.29 is 19.5 Å². The normalized spacial score (nSPS) is 16.9. The molecule has 1 unspecified atom stereocenters. The highest BCUT2D eigenvalue weighted by Crippen LogP contribution is 2.22. The first-order valence-corrected chi connectivity index (χ1v) is 8.57. The lowest BCUT2D eigenvalue weighted by Gasteiger charge is -2.31. The van der Waals surface area contributed by atoms with Gasteiger partial charge in [-0.1, -0.05) is 6.07 Å². The molecule has 1 aromatic heterocycles. The fourth-order valence-electron chi connectivity index (χ4n) is 2.75. The van der Waals surface area contributed by atoms with E-state index in [9.17, 15) is 14.4 Å². The third-order valence-electron chi connectivity index (χ3n) is 4.29. The Kier molecular flexibility index (Phi) is 5.76. The molecule has 2 amide bonds. The Labute approximate surface area is 139 Å². The molecule has 0 radical (unpaired) electrons. The Morgan fingerprint density at radius 1 is 1.39 bits per heavy atom. The second kappa shape index (κ2) is 7.59. The van der Waals surface area contributed by atoms with Crippen LogP contribution >= 0.6 is 11.3 Å². The number of carbonyl (C=O) groups excluding carboxylic acids is 2. The van der Waals surface area contributed by atoms with E-state index in [-0.39, 0.29) is 30.2 Å². The lowest BCUT2D eigenvalue weighted by atomic mass is 9.97. The molecule has 1 aliphatic rings. The van der Waals surface area contributed by atoms with Gasteiger partial charge in [0.05, 0.1) is 18.4 Å². The third kappa shape index (κ3) is 4.31. The number of hydrogen-bond acceptors (Lipinski definition) is 4. The van der Waals surface area contributed by atoms with E-state index in [2.05, 4.69) is 0 Å². The summed E-state index contributed by atoms with van der Waals surface area (Å²) in [7, 11) is 1.63. The van der Waals surface area contributed by atoms with Crippen LogP contribution in [0.1, 0.15) is 30.6 Å². The smallest absolute Gasteiger partial charge is 0.306 e. The molecule has 0 saturated carbocycles. The van der Waals surface area contributed by atoms with Gasteiger partial charge in [0.1, 0.15) is 0 Å². The number of carboxylic acids is 1. The molecule has 1 N–H and O–H groups in total. The second-order valence-electron chi connectivity index (χ2n) is 5.92. The van der Waals surface area contributed by atoms with Crippen LogP contribution < -0.4 is 0 Å². The Balaban J connectivity index is 1.85. The summed E-state index contributed by atoms with van der Waals surface area (Å²) in [6.45, 7) is 2.76. The Morgan fingerprint density at radius 3 is 2.57 bits per heavy atom. The molecule has 126 valence electrons. The number of likely N-dealkylation sites (tertiary alicyclic amines) is 1. The molecule has 1 atom stereocenters. The van der Waals surface area contributed by atoms with Gasteiger partial charge in [-0.3, -0.25) is 14.4 Å². The third-order valence-corrected chi connectivity index (χ3v) is 5.34.